The number of carbonyl (C=O) groups is 2. The number of benzene rings is 3. The van der Waals surface area contributed by atoms with Gasteiger partial charge >= 0.3 is 0 Å². The van der Waals surface area contributed by atoms with Crippen LogP contribution in [0.5, 0.6) is 0 Å². The minimum absolute atomic E-state index is 0.102. The van der Waals surface area contributed by atoms with Gasteiger partial charge in [-0.3, -0.25) is 19.7 Å². The summed E-state index contributed by atoms with van der Waals surface area (Å²) in [5.41, 5.74) is 3.60. The van der Waals surface area contributed by atoms with Gasteiger partial charge in [0.2, 0.25) is 11.8 Å². The molecule has 1 aliphatic heterocycles. The highest BCUT2D eigenvalue weighted by Gasteiger charge is 2.70. The van der Waals surface area contributed by atoms with Crippen molar-refractivity contribution >= 4 is 23.2 Å². The van der Waals surface area contributed by atoms with Crippen molar-refractivity contribution in [2.45, 2.75) is 31.6 Å². The molecule has 4 aliphatic rings. The van der Waals surface area contributed by atoms with Crippen molar-refractivity contribution in [1.29, 1.82) is 0 Å². The third-order valence-corrected chi connectivity index (χ3v) is 8.29. The Morgan fingerprint density at radius 2 is 1.21 bits per heavy atom. The Balaban J connectivity index is 1.62. The van der Waals surface area contributed by atoms with Gasteiger partial charge in [0.15, 0.2) is 0 Å². The Bertz CT molecular complexity index is 1290. The van der Waals surface area contributed by atoms with Crippen LogP contribution in [0.15, 0.2) is 66.7 Å². The summed E-state index contributed by atoms with van der Waals surface area (Å²) in [5.74, 6) is -1.75. The summed E-state index contributed by atoms with van der Waals surface area (Å²) in [5, 5.41) is 11.5. The summed E-state index contributed by atoms with van der Waals surface area (Å²) < 4.78 is 0. The minimum atomic E-state index is -0.673. The molecule has 1 heterocycles. The van der Waals surface area contributed by atoms with Crippen LogP contribution in [0.1, 0.15) is 41.7 Å². The van der Waals surface area contributed by atoms with Crippen molar-refractivity contribution in [1.82, 2.24) is 0 Å². The fraction of sp³-hybridized carbons (Fsp3) is 0.259. The number of hydrogen-bond acceptors (Lipinski definition) is 4. The number of nitrogens with zero attached hydrogens (tertiary/aromatic N) is 2. The van der Waals surface area contributed by atoms with Gasteiger partial charge in [0.1, 0.15) is 0 Å². The monoisotopic (exact) mass is 438 g/mol. The van der Waals surface area contributed by atoms with Crippen LogP contribution in [0.25, 0.3) is 0 Å². The molecule has 0 aromatic heterocycles. The van der Waals surface area contributed by atoms with E-state index in [1.165, 1.54) is 11.0 Å². The van der Waals surface area contributed by atoms with Crippen molar-refractivity contribution in [3.63, 3.8) is 0 Å². The van der Waals surface area contributed by atoms with Gasteiger partial charge < -0.3 is 0 Å². The Morgan fingerprint density at radius 3 is 1.61 bits per heavy atom. The maximum Gasteiger partial charge on any atom is 0.274 e. The number of hydrogen-bond donors (Lipinski definition) is 0. The van der Waals surface area contributed by atoms with Gasteiger partial charge in [-0.05, 0) is 35.2 Å². The number of nitro benzene ring substituents is 1. The number of amides is 2. The highest BCUT2D eigenvalue weighted by atomic mass is 16.6. The lowest BCUT2D eigenvalue weighted by Crippen LogP contribution is -2.59. The largest absolute Gasteiger partial charge is 0.274 e. The molecule has 3 aromatic rings. The molecule has 2 atom stereocenters. The Labute approximate surface area is 191 Å². The number of rotatable bonds is 2. The first-order chi connectivity index (χ1) is 15.7. The number of imide groups is 1. The van der Waals surface area contributed by atoms with Crippen LogP contribution in [0.3, 0.4) is 0 Å². The topological polar surface area (TPSA) is 80.5 Å². The van der Waals surface area contributed by atoms with E-state index in [9.17, 15) is 19.7 Å². The number of nitro groups is 1. The molecule has 0 N–H and O–H groups in total. The van der Waals surface area contributed by atoms with Crippen LogP contribution < -0.4 is 4.90 Å². The molecule has 2 bridgehead atoms. The van der Waals surface area contributed by atoms with E-state index in [4.69, 9.17) is 0 Å². The normalized spacial score (nSPS) is 29.0. The predicted octanol–water partition coefficient (Wildman–Crippen LogP) is 4.65. The van der Waals surface area contributed by atoms with Crippen molar-refractivity contribution in [3.8, 4) is 0 Å². The molecule has 6 heteroatoms. The van der Waals surface area contributed by atoms with Gasteiger partial charge in [0, 0.05) is 22.5 Å². The first kappa shape index (κ1) is 19.9. The number of aryl methyl sites for hydroxylation is 1. The Kier molecular flexibility index (Phi) is 3.71. The van der Waals surface area contributed by atoms with Crippen LogP contribution in [0.4, 0.5) is 11.4 Å². The Hall–Kier alpha value is -3.80. The standard InChI is InChI=1S/C27H22N2O4/c1-15-12-13-16(14-21(15)29(32)33)28-24(30)22-23(25(28)31)27(3)19-10-6-4-8-17(19)26(22,2)18-9-5-7-11-20(18)27/h4-14,22-23H,1-3H3. The van der Waals surface area contributed by atoms with Crippen molar-refractivity contribution in [3.05, 3.63) is 105 Å². The molecule has 0 radical (unpaired) electrons. The van der Waals surface area contributed by atoms with Crippen molar-refractivity contribution in [2.75, 3.05) is 4.90 Å². The third-order valence-electron chi connectivity index (χ3n) is 8.29. The first-order valence-corrected chi connectivity index (χ1v) is 11.0. The molecule has 2 amide bonds. The van der Waals surface area contributed by atoms with Gasteiger partial charge in [-0.15, -0.1) is 0 Å². The molecule has 0 spiro atoms. The molecule has 3 aromatic carbocycles. The summed E-state index contributed by atoms with van der Waals surface area (Å²) in [6.45, 7) is 5.77. The molecule has 1 fully saturated rings. The van der Waals surface area contributed by atoms with E-state index >= 15 is 0 Å². The predicted molar refractivity (Wildman–Crippen MR) is 123 cm³/mol. The quantitative estimate of drug-likeness (QED) is 0.331. The Morgan fingerprint density at radius 1 is 0.788 bits per heavy atom. The zero-order valence-electron chi connectivity index (χ0n) is 18.5. The van der Waals surface area contributed by atoms with Crippen LogP contribution in [0, 0.1) is 28.9 Å². The van der Waals surface area contributed by atoms with Crippen LogP contribution in [-0.2, 0) is 20.4 Å². The lowest BCUT2D eigenvalue weighted by Gasteiger charge is -2.57. The summed E-state index contributed by atoms with van der Waals surface area (Å²) in [6.07, 6.45) is 0. The summed E-state index contributed by atoms with van der Waals surface area (Å²) >= 11 is 0. The smallest absolute Gasteiger partial charge is 0.274 e. The molecule has 6 nitrogen and oxygen atoms in total. The highest BCUT2D eigenvalue weighted by molar-refractivity contribution is 6.24. The number of carbonyl (C=O) groups excluding carboxylic acids is 2. The fourth-order valence-corrected chi connectivity index (χ4v) is 6.76. The second-order valence-corrected chi connectivity index (χ2v) is 9.69. The average Bonchev–Trinajstić information content (AvgIpc) is 3.09. The third kappa shape index (κ3) is 2.14. The summed E-state index contributed by atoms with van der Waals surface area (Å²) in [4.78, 5) is 40.3. The molecule has 164 valence electrons. The van der Waals surface area contributed by atoms with Crippen LogP contribution in [-0.4, -0.2) is 16.7 Å². The van der Waals surface area contributed by atoms with E-state index in [0.29, 0.717) is 5.56 Å². The molecule has 3 aliphatic carbocycles. The minimum Gasteiger partial charge on any atom is -0.274 e. The van der Waals surface area contributed by atoms with Gasteiger partial charge in [-0.25, -0.2) is 4.90 Å². The lowest BCUT2D eigenvalue weighted by atomic mass is 9.42. The highest BCUT2D eigenvalue weighted by Crippen LogP contribution is 2.66. The molecular formula is C27H22N2O4. The molecule has 1 saturated heterocycles. The summed E-state index contributed by atoms with van der Waals surface area (Å²) in [7, 11) is 0. The van der Waals surface area contributed by atoms with E-state index in [0.717, 1.165) is 22.3 Å². The van der Waals surface area contributed by atoms with Gasteiger partial charge in [0.05, 0.1) is 22.4 Å². The first-order valence-electron chi connectivity index (χ1n) is 11.0. The van der Waals surface area contributed by atoms with E-state index < -0.39 is 27.6 Å². The number of anilines is 1. The molecule has 33 heavy (non-hydrogen) atoms. The lowest BCUT2D eigenvalue weighted by molar-refractivity contribution is -0.385. The van der Waals surface area contributed by atoms with E-state index in [2.05, 4.69) is 38.1 Å². The van der Waals surface area contributed by atoms with E-state index in [1.807, 2.05) is 24.3 Å². The summed E-state index contributed by atoms with van der Waals surface area (Å²) in [6, 6.07) is 20.8. The molecule has 0 saturated carbocycles. The average molecular weight is 438 g/mol. The van der Waals surface area contributed by atoms with E-state index in [1.54, 1.807) is 19.1 Å². The molecular weight excluding hydrogens is 416 g/mol. The second kappa shape index (κ2) is 6.16. The van der Waals surface area contributed by atoms with Crippen LogP contribution in [0.2, 0.25) is 0 Å². The van der Waals surface area contributed by atoms with Gasteiger partial charge in [-0.2, -0.15) is 0 Å². The SMILES string of the molecule is Cc1ccc(N2C(=O)C3C(C2=O)C2(C)c4ccccc4C3(C)c3ccccc32)cc1[N+](=O)[O-]. The maximum atomic E-state index is 14.0. The van der Waals surface area contributed by atoms with Crippen molar-refractivity contribution in [2.24, 2.45) is 11.8 Å². The zero-order chi connectivity index (χ0) is 23.3. The van der Waals surface area contributed by atoms with Crippen LogP contribution >= 0.6 is 0 Å². The fourth-order valence-electron chi connectivity index (χ4n) is 6.76. The maximum absolute atomic E-state index is 14.0. The zero-order valence-corrected chi connectivity index (χ0v) is 18.5. The molecule has 7 rings (SSSR count). The van der Waals surface area contributed by atoms with Crippen molar-refractivity contribution < 1.29 is 14.5 Å². The molecule has 2 unspecified atom stereocenters. The second-order valence-electron chi connectivity index (χ2n) is 9.69. The van der Waals surface area contributed by atoms with Gasteiger partial charge in [0.25, 0.3) is 5.69 Å². The van der Waals surface area contributed by atoms with Gasteiger partial charge in [-0.1, -0.05) is 68.4 Å². The van der Waals surface area contributed by atoms with E-state index in [-0.39, 0.29) is 23.2 Å².